The minimum absolute atomic E-state index is 0.195. The summed E-state index contributed by atoms with van der Waals surface area (Å²) in [6.07, 6.45) is 8.17. The van der Waals surface area contributed by atoms with Gasteiger partial charge in [-0.15, -0.1) is 0 Å². The van der Waals surface area contributed by atoms with Gasteiger partial charge >= 0.3 is 0 Å². The maximum atomic E-state index is 5.53. The maximum absolute atomic E-state index is 5.53. The number of anilines is 3. The second-order valence-corrected chi connectivity index (χ2v) is 9.78. The van der Waals surface area contributed by atoms with E-state index in [0.717, 1.165) is 88.2 Å². The van der Waals surface area contributed by atoms with Crippen LogP contribution in [0.3, 0.4) is 0 Å². The molecule has 3 heterocycles. The molecule has 0 aromatic carbocycles. The van der Waals surface area contributed by atoms with Crippen molar-refractivity contribution in [1.29, 1.82) is 0 Å². The van der Waals surface area contributed by atoms with E-state index in [0.29, 0.717) is 0 Å². The van der Waals surface area contributed by atoms with Crippen molar-refractivity contribution < 1.29 is 9.47 Å². The number of nitrogens with one attached hydrogen (secondary N) is 1. The van der Waals surface area contributed by atoms with Crippen LogP contribution in [0, 0.1) is 17.8 Å². The van der Waals surface area contributed by atoms with Gasteiger partial charge in [-0.2, -0.15) is 15.0 Å². The summed E-state index contributed by atoms with van der Waals surface area (Å²) in [5.41, 5.74) is 0.195. The van der Waals surface area contributed by atoms with E-state index in [1.54, 1.807) is 0 Å². The number of nitrogens with zero attached hydrogens (tertiary/aromatic N) is 5. The summed E-state index contributed by atoms with van der Waals surface area (Å²) >= 11 is 0. The van der Waals surface area contributed by atoms with Crippen molar-refractivity contribution >= 4 is 17.8 Å². The first kappa shape index (κ1) is 18.1. The molecule has 4 bridgehead atoms. The monoisotopic (exact) mass is 400 g/mol. The Morgan fingerprint density at radius 1 is 0.690 bits per heavy atom. The fraction of sp³-hybridized carbons (Fsp3) is 0.857. The molecular weight excluding hydrogens is 368 g/mol. The Balaban J connectivity index is 1.31. The van der Waals surface area contributed by atoms with Gasteiger partial charge in [0.1, 0.15) is 0 Å². The molecule has 0 amide bonds. The Labute approximate surface area is 172 Å². The molecule has 4 saturated carbocycles. The molecule has 0 spiro atoms. The van der Waals surface area contributed by atoms with Crippen LogP contribution in [-0.4, -0.2) is 73.1 Å². The summed E-state index contributed by atoms with van der Waals surface area (Å²) in [7, 11) is 0. The molecule has 2 saturated heterocycles. The zero-order valence-corrected chi connectivity index (χ0v) is 17.2. The van der Waals surface area contributed by atoms with Crippen molar-refractivity contribution in [3.63, 3.8) is 0 Å². The minimum Gasteiger partial charge on any atom is -0.378 e. The van der Waals surface area contributed by atoms with Gasteiger partial charge in [0.25, 0.3) is 0 Å². The fourth-order valence-electron chi connectivity index (χ4n) is 6.72. The van der Waals surface area contributed by atoms with E-state index >= 15 is 0 Å². The molecule has 1 aromatic rings. The van der Waals surface area contributed by atoms with Crippen LogP contribution in [0.4, 0.5) is 17.8 Å². The SMILES string of the molecule is C1CN(c2nc(NC34CC5CC(CC(C5)C3)C4)nc(N3CCOCC3)n2)CCO1. The first-order valence-corrected chi connectivity index (χ1v) is 11.4. The second-order valence-electron chi connectivity index (χ2n) is 9.78. The minimum atomic E-state index is 0.195. The third kappa shape index (κ3) is 3.54. The molecule has 6 aliphatic rings. The molecule has 4 aliphatic carbocycles. The van der Waals surface area contributed by atoms with Crippen LogP contribution >= 0.6 is 0 Å². The van der Waals surface area contributed by atoms with Crippen molar-refractivity contribution in [3.05, 3.63) is 0 Å². The molecule has 29 heavy (non-hydrogen) atoms. The summed E-state index contributed by atoms with van der Waals surface area (Å²) < 4.78 is 11.1. The summed E-state index contributed by atoms with van der Waals surface area (Å²) in [4.78, 5) is 19.1. The lowest BCUT2D eigenvalue weighted by molar-refractivity contribution is 0.0103. The van der Waals surface area contributed by atoms with Gasteiger partial charge in [-0.1, -0.05) is 0 Å². The molecule has 0 radical (unpaired) electrons. The van der Waals surface area contributed by atoms with Crippen LogP contribution in [0.2, 0.25) is 0 Å². The molecule has 1 N–H and O–H groups in total. The van der Waals surface area contributed by atoms with Gasteiger partial charge in [-0.05, 0) is 56.3 Å². The number of rotatable bonds is 4. The van der Waals surface area contributed by atoms with Gasteiger partial charge in [-0.3, -0.25) is 0 Å². The van der Waals surface area contributed by atoms with Crippen molar-refractivity contribution in [2.24, 2.45) is 17.8 Å². The Kier molecular flexibility index (Phi) is 4.52. The lowest BCUT2D eigenvalue weighted by Gasteiger charge is -2.56. The lowest BCUT2D eigenvalue weighted by Crippen LogP contribution is -2.55. The van der Waals surface area contributed by atoms with Gasteiger partial charge in [-0.25, -0.2) is 0 Å². The number of hydrogen-bond acceptors (Lipinski definition) is 8. The molecule has 1 aromatic heterocycles. The van der Waals surface area contributed by atoms with Crippen molar-refractivity contribution in [2.45, 2.75) is 44.1 Å². The maximum Gasteiger partial charge on any atom is 0.232 e. The van der Waals surface area contributed by atoms with Crippen LogP contribution in [0.25, 0.3) is 0 Å². The summed E-state index contributed by atoms with van der Waals surface area (Å²) in [6, 6.07) is 0. The number of ether oxygens (including phenoxy) is 2. The Morgan fingerprint density at radius 3 is 1.59 bits per heavy atom. The average molecular weight is 401 g/mol. The van der Waals surface area contributed by atoms with Gasteiger partial charge in [0, 0.05) is 31.7 Å². The van der Waals surface area contributed by atoms with Crippen molar-refractivity contribution in [2.75, 3.05) is 67.7 Å². The molecule has 6 fully saturated rings. The van der Waals surface area contributed by atoms with Crippen molar-refractivity contribution in [1.82, 2.24) is 15.0 Å². The average Bonchev–Trinajstić information content (AvgIpc) is 2.73. The molecular formula is C21H32N6O2. The van der Waals surface area contributed by atoms with Gasteiger partial charge in [0.15, 0.2) is 0 Å². The zero-order chi connectivity index (χ0) is 19.3. The van der Waals surface area contributed by atoms with E-state index in [9.17, 15) is 0 Å². The van der Waals surface area contributed by atoms with Crippen LogP contribution in [0.1, 0.15) is 38.5 Å². The lowest BCUT2D eigenvalue weighted by atomic mass is 9.53. The van der Waals surface area contributed by atoms with Crippen LogP contribution in [-0.2, 0) is 9.47 Å². The normalized spacial score (nSPS) is 36.5. The van der Waals surface area contributed by atoms with E-state index in [1.165, 1.54) is 38.5 Å². The van der Waals surface area contributed by atoms with E-state index in [4.69, 9.17) is 24.4 Å². The van der Waals surface area contributed by atoms with Gasteiger partial charge in [0.05, 0.1) is 26.4 Å². The topological polar surface area (TPSA) is 75.6 Å². The number of morpholine rings is 2. The third-order valence-electron chi connectivity index (χ3n) is 7.61. The van der Waals surface area contributed by atoms with E-state index < -0.39 is 0 Å². The van der Waals surface area contributed by atoms with Crippen molar-refractivity contribution in [3.8, 4) is 0 Å². The van der Waals surface area contributed by atoms with E-state index in [-0.39, 0.29) is 5.54 Å². The molecule has 7 rings (SSSR count). The predicted octanol–water partition coefficient (Wildman–Crippen LogP) is 1.93. The Morgan fingerprint density at radius 2 is 1.14 bits per heavy atom. The van der Waals surface area contributed by atoms with Gasteiger partial charge < -0.3 is 24.6 Å². The highest BCUT2D eigenvalue weighted by molar-refractivity contribution is 5.47. The first-order valence-electron chi connectivity index (χ1n) is 11.4. The summed E-state index contributed by atoms with van der Waals surface area (Å²) in [5.74, 6) is 5.04. The highest BCUT2D eigenvalue weighted by atomic mass is 16.5. The van der Waals surface area contributed by atoms with Gasteiger partial charge in [0.2, 0.25) is 17.8 Å². The molecule has 0 unspecified atom stereocenters. The highest BCUT2D eigenvalue weighted by Gasteiger charge is 2.51. The predicted molar refractivity (Wildman–Crippen MR) is 110 cm³/mol. The Hall–Kier alpha value is -1.67. The third-order valence-corrected chi connectivity index (χ3v) is 7.61. The second kappa shape index (κ2) is 7.23. The summed E-state index contributed by atoms with van der Waals surface area (Å²) in [5, 5.41) is 3.87. The molecule has 8 nitrogen and oxygen atoms in total. The molecule has 8 heteroatoms. The Bertz CT molecular complexity index is 675. The smallest absolute Gasteiger partial charge is 0.232 e. The molecule has 0 atom stereocenters. The largest absolute Gasteiger partial charge is 0.378 e. The zero-order valence-electron chi connectivity index (χ0n) is 17.2. The first-order chi connectivity index (χ1) is 14.2. The number of hydrogen-bond donors (Lipinski definition) is 1. The van der Waals surface area contributed by atoms with E-state index in [1.807, 2.05) is 0 Å². The highest BCUT2D eigenvalue weighted by Crippen LogP contribution is 2.56. The van der Waals surface area contributed by atoms with E-state index in [2.05, 4.69) is 15.1 Å². The number of aromatic nitrogens is 3. The molecule has 158 valence electrons. The standard InChI is InChI=1S/C21H32N6O2/c1-5-28-6-2-26(1)19-22-18(23-20(24-19)27-3-7-29-8-4-27)25-21-12-15-9-16(13-21)11-17(10-15)14-21/h15-17H,1-14H2,(H,22,23,24,25). The molecule has 2 aliphatic heterocycles. The van der Waals surface area contributed by atoms with Crippen LogP contribution < -0.4 is 15.1 Å². The quantitative estimate of drug-likeness (QED) is 0.822. The summed E-state index contributed by atoms with van der Waals surface area (Å²) in [6.45, 7) is 6.28. The van der Waals surface area contributed by atoms with Crippen LogP contribution in [0.5, 0.6) is 0 Å². The fourth-order valence-corrected chi connectivity index (χ4v) is 6.72. The van der Waals surface area contributed by atoms with Crippen LogP contribution in [0.15, 0.2) is 0 Å².